The van der Waals surface area contributed by atoms with Gasteiger partial charge in [-0.05, 0) is 18.9 Å². The maximum absolute atomic E-state index is 9.26. The molecule has 0 spiro atoms. The van der Waals surface area contributed by atoms with Crippen molar-refractivity contribution in [3.05, 3.63) is 17.3 Å². The highest BCUT2D eigenvalue weighted by Gasteiger charge is 2.14. The summed E-state index contributed by atoms with van der Waals surface area (Å²) < 4.78 is 0. The van der Waals surface area contributed by atoms with Gasteiger partial charge >= 0.3 is 0 Å². The molecule has 1 fully saturated rings. The van der Waals surface area contributed by atoms with Gasteiger partial charge in [-0.15, -0.1) is 11.3 Å². The molecule has 1 saturated carbocycles. The summed E-state index contributed by atoms with van der Waals surface area (Å²) in [7, 11) is 0. The fourth-order valence-corrected chi connectivity index (χ4v) is 3.75. The molecule has 0 unspecified atom stereocenters. The van der Waals surface area contributed by atoms with Gasteiger partial charge in [-0.1, -0.05) is 32.1 Å². The summed E-state index contributed by atoms with van der Waals surface area (Å²) >= 11 is 1.54. The lowest BCUT2D eigenvalue weighted by Gasteiger charge is -2.21. The maximum Gasteiger partial charge on any atom is 0.138 e. The first-order valence-electron chi connectivity index (χ1n) is 7.47. The van der Waals surface area contributed by atoms with Crippen LogP contribution in [0.3, 0.4) is 0 Å². The molecular weight excluding hydrogens is 270 g/mol. The van der Waals surface area contributed by atoms with E-state index in [0.29, 0.717) is 6.04 Å². The van der Waals surface area contributed by atoms with Crippen LogP contribution in [0.25, 0.3) is 10.2 Å². The Morgan fingerprint density at radius 3 is 2.65 bits per heavy atom. The maximum atomic E-state index is 9.26. The summed E-state index contributed by atoms with van der Waals surface area (Å²) in [5.41, 5.74) is 0. The third-order valence-electron chi connectivity index (χ3n) is 3.98. The molecule has 0 radical (unpaired) electrons. The number of anilines is 1. The minimum absolute atomic E-state index is 0.0733. The number of aromatic nitrogens is 2. The third-order valence-corrected chi connectivity index (χ3v) is 5.01. The fraction of sp³-hybridized carbons (Fsp3) is 0.600. The van der Waals surface area contributed by atoms with Gasteiger partial charge in [0.2, 0.25) is 0 Å². The summed E-state index contributed by atoms with van der Waals surface area (Å²) in [5, 5.41) is 13.9. The minimum Gasteiger partial charge on any atom is -0.391 e. The first-order chi connectivity index (χ1) is 9.86. The van der Waals surface area contributed by atoms with Crippen LogP contribution in [0.4, 0.5) is 5.82 Å². The Balaban J connectivity index is 1.80. The number of thiophene rings is 1. The molecule has 0 amide bonds. The zero-order valence-electron chi connectivity index (χ0n) is 11.6. The normalized spacial score (nSPS) is 17.9. The number of nitrogens with zero attached hydrogens (tertiary/aromatic N) is 2. The molecule has 0 bridgehead atoms. The number of fused-ring (bicyclic) bond motifs is 1. The molecule has 2 heterocycles. The zero-order valence-corrected chi connectivity index (χ0v) is 12.5. The molecule has 0 aliphatic heterocycles. The number of aliphatic hydroxyl groups is 1. The Labute approximate surface area is 123 Å². The zero-order chi connectivity index (χ0) is 13.8. The van der Waals surface area contributed by atoms with E-state index in [2.05, 4.69) is 15.3 Å². The standard InChI is InChI=1S/C15H21N3OS/c19-9-12-8-13-14(16-10-17-15(13)20-12)18-11-6-4-2-1-3-5-7-11/h8,10-11,19H,1-7,9H2,(H,16,17,18). The Kier molecular flexibility index (Phi) is 4.47. The minimum atomic E-state index is 0.0733. The lowest BCUT2D eigenvalue weighted by Crippen LogP contribution is -2.21. The van der Waals surface area contributed by atoms with E-state index in [-0.39, 0.29) is 6.61 Å². The predicted molar refractivity (Wildman–Crippen MR) is 83.1 cm³/mol. The van der Waals surface area contributed by atoms with Gasteiger partial charge in [0, 0.05) is 10.9 Å². The van der Waals surface area contributed by atoms with Crippen LogP contribution in [0.1, 0.15) is 49.8 Å². The quantitative estimate of drug-likeness (QED) is 0.905. The second kappa shape index (κ2) is 6.50. The molecule has 3 rings (SSSR count). The average Bonchev–Trinajstić information content (AvgIpc) is 2.85. The van der Waals surface area contributed by atoms with Crippen LogP contribution < -0.4 is 5.32 Å². The van der Waals surface area contributed by atoms with Gasteiger partial charge in [0.15, 0.2) is 0 Å². The van der Waals surface area contributed by atoms with E-state index in [4.69, 9.17) is 0 Å². The summed E-state index contributed by atoms with van der Waals surface area (Å²) in [6, 6.07) is 2.52. The van der Waals surface area contributed by atoms with E-state index in [9.17, 15) is 5.11 Å². The van der Waals surface area contributed by atoms with Crippen molar-refractivity contribution in [2.24, 2.45) is 0 Å². The summed E-state index contributed by atoms with van der Waals surface area (Å²) in [6.07, 6.45) is 10.8. The Bertz CT molecular complexity index is 561. The molecule has 2 aromatic heterocycles. The van der Waals surface area contributed by atoms with Crippen molar-refractivity contribution in [1.29, 1.82) is 0 Å². The van der Waals surface area contributed by atoms with Crippen molar-refractivity contribution in [2.75, 3.05) is 5.32 Å². The van der Waals surface area contributed by atoms with Crippen molar-refractivity contribution in [3.63, 3.8) is 0 Å². The lowest BCUT2D eigenvalue weighted by molar-refractivity contribution is 0.285. The molecule has 1 aliphatic rings. The van der Waals surface area contributed by atoms with Gasteiger partial charge in [-0.3, -0.25) is 0 Å². The molecule has 2 N–H and O–H groups in total. The summed E-state index contributed by atoms with van der Waals surface area (Å²) in [5.74, 6) is 0.927. The van der Waals surface area contributed by atoms with Crippen LogP contribution >= 0.6 is 11.3 Å². The largest absolute Gasteiger partial charge is 0.391 e. The van der Waals surface area contributed by atoms with Crippen LogP contribution in [0.2, 0.25) is 0 Å². The highest BCUT2D eigenvalue weighted by molar-refractivity contribution is 7.18. The number of hydrogen-bond acceptors (Lipinski definition) is 5. The highest BCUT2D eigenvalue weighted by atomic mass is 32.1. The number of rotatable bonds is 3. The third kappa shape index (κ3) is 3.10. The molecule has 4 nitrogen and oxygen atoms in total. The smallest absolute Gasteiger partial charge is 0.138 e. The first kappa shape index (κ1) is 13.8. The van der Waals surface area contributed by atoms with Gasteiger partial charge in [0.1, 0.15) is 17.0 Å². The van der Waals surface area contributed by atoms with Crippen molar-refractivity contribution in [1.82, 2.24) is 9.97 Å². The number of hydrogen-bond donors (Lipinski definition) is 2. The molecule has 108 valence electrons. The van der Waals surface area contributed by atoms with Crippen LogP contribution in [0.5, 0.6) is 0 Å². The van der Waals surface area contributed by atoms with E-state index in [1.807, 2.05) is 6.07 Å². The topological polar surface area (TPSA) is 58.0 Å². The van der Waals surface area contributed by atoms with Gasteiger partial charge in [0.25, 0.3) is 0 Å². The van der Waals surface area contributed by atoms with E-state index >= 15 is 0 Å². The van der Waals surface area contributed by atoms with Gasteiger partial charge in [-0.25, -0.2) is 9.97 Å². The van der Waals surface area contributed by atoms with Gasteiger partial charge in [-0.2, -0.15) is 0 Å². The Hall–Kier alpha value is -1.20. The molecule has 5 heteroatoms. The van der Waals surface area contributed by atoms with Crippen molar-refractivity contribution in [3.8, 4) is 0 Å². The molecule has 0 aromatic carbocycles. The van der Waals surface area contributed by atoms with Crippen LogP contribution in [-0.2, 0) is 6.61 Å². The van der Waals surface area contributed by atoms with E-state index < -0.39 is 0 Å². The molecule has 20 heavy (non-hydrogen) atoms. The number of aliphatic hydroxyl groups excluding tert-OH is 1. The highest BCUT2D eigenvalue weighted by Crippen LogP contribution is 2.29. The average molecular weight is 291 g/mol. The van der Waals surface area contributed by atoms with E-state index in [1.54, 1.807) is 6.33 Å². The monoisotopic (exact) mass is 291 g/mol. The van der Waals surface area contributed by atoms with Crippen molar-refractivity contribution in [2.45, 2.75) is 57.6 Å². The molecule has 0 saturated heterocycles. The second-order valence-electron chi connectivity index (χ2n) is 5.50. The number of nitrogens with one attached hydrogen (secondary N) is 1. The van der Waals surface area contributed by atoms with Crippen LogP contribution in [0.15, 0.2) is 12.4 Å². The molecular formula is C15H21N3OS. The second-order valence-corrected chi connectivity index (χ2v) is 6.61. The predicted octanol–water partition coefficient (Wildman–Crippen LogP) is 3.71. The molecule has 1 aliphatic carbocycles. The summed E-state index contributed by atoms with van der Waals surface area (Å²) in [6.45, 7) is 0.0733. The molecule has 0 atom stereocenters. The van der Waals surface area contributed by atoms with Crippen LogP contribution in [-0.4, -0.2) is 21.1 Å². The van der Waals surface area contributed by atoms with Crippen LogP contribution in [0, 0.1) is 0 Å². The van der Waals surface area contributed by atoms with Gasteiger partial charge < -0.3 is 10.4 Å². The van der Waals surface area contributed by atoms with E-state index in [0.717, 1.165) is 20.9 Å². The first-order valence-corrected chi connectivity index (χ1v) is 8.29. The van der Waals surface area contributed by atoms with Gasteiger partial charge in [0.05, 0.1) is 12.0 Å². The summed E-state index contributed by atoms with van der Waals surface area (Å²) in [4.78, 5) is 10.6. The Morgan fingerprint density at radius 2 is 1.90 bits per heavy atom. The SMILES string of the molecule is OCc1cc2c(NC3CCCCCCC3)ncnc2s1. The van der Waals surface area contributed by atoms with Crippen molar-refractivity contribution < 1.29 is 5.11 Å². The van der Waals surface area contributed by atoms with Crippen molar-refractivity contribution >= 4 is 27.4 Å². The fourth-order valence-electron chi connectivity index (χ4n) is 2.89. The molecule has 2 aromatic rings. The lowest BCUT2D eigenvalue weighted by atomic mass is 9.97. The van der Waals surface area contributed by atoms with E-state index in [1.165, 1.54) is 56.3 Å². The Morgan fingerprint density at radius 1 is 1.15 bits per heavy atom.